The smallest absolute Gasteiger partial charge is 0.253 e. The van der Waals surface area contributed by atoms with Crippen molar-refractivity contribution in [3.63, 3.8) is 0 Å². The first-order valence-electron chi connectivity index (χ1n) is 13.1. The van der Waals surface area contributed by atoms with E-state index in [0.29, 0.717) is 22.7 Å². The van der Waals surface area contributed by atoms with Crippen LogP contribution >= 0.6 is 15.9 Å². The topological polar surface area (TPSA) is 118 Å². The van der Waals surface area contributed by atoms with E-state index in [1.165, 1.54) is 0 Å². The molecule has 0 saturated carbocycles. The van der Waals surface area contributed by atoms with Crippen LogP contribution in [-0.2, 0) is 11.3 Å². The highest BCUT2D eigenvalue weighted by molar-refractivity contribution is 9.10. The number of carbonyl (C=O) groups is 2. The average Bonchev–Trinajstić information content (AvgIpc) is 2.91. The molecule has 1 fully saturated rings. The summed E-state index contributed by atoms with van der Waals surface area (Å²) in [5, 5.41) is 2.93. The average molecular weight is 598 g/mol. The number of pyridine rings is 1. The van der Waals surface area contributed by atoms with E-state index in [-0.39, 0.29) is 23.9 Å². The molecule has 0 radical (unpaired) electrons. The molecule has 2 amide bonds. The van der Waals surface area contributed by atoms with E-state index in [4.69, 9.17) is 10.5 Å². The Kier molecular flexibility index (Phi) is 10.9. The Morgan fingerprint density at radius 3 is 2.33 bits per heavy atom. The van der Waals surface area contributed by atoms with Crippen molar-refractivity contribution >= 4 is 33.4 Å². The molecule has 0 aliphatic carbocycles. The number of carbonyl (C=O) groups excluding carboxylic acids is 2. The number of anilines is 1. The maximum Gasteiger partial charge on any atom is 0.253 e. The molecule has 1 aliphatic rings. The number of hydrogen-bond donors (Lipinski definition) is 3. The van der Waals surface area contributed by atoms with E-state index in [1.54, 1.807) is 24.3 Å². The second-order valence-corrected chi connectivity index (χ2v) is 10.5. The monoisotopic (exact) mass is 596 g/mol. The van der Waals surface area contributed by atoms with E-state index >= 15 is 0 Å². The Morgan fingerprint density at radius 1 is 1.10 bits per heavy atom. The van der Waals surface area contributed by atoms with Gasteiger partial charge < -0.3 is 25.7 Å². The fraction of sp³-hybridized carbons (Fsp3) is 0.367. The molecular formula is C30H37BrN4O4. The van der Waals surface area contributed by atoms with Gasteiger partial charge in [-0.15, -0.1) is 0 Å². The van der Waals surface area contributed by atoms with Crippen LogP contribution in [0.5, 0.6) is 0 Å². The van der Waals surface area contributed by atoms with Gasteiger partial charge in [-0.3, -0.25) is 14.4 Å². The largest absolute Gasteiger partial charge is 0.381 e. The lowest BCUT2D eigenvalue weighted by molar-refractivity contribution is 0.0845. The van der Waals surface area contributed by atoms with Crippen molar-refractivity contribution in [2.45, 2.75) is 53.1 Å². The van der Waals surface area contributed by atoms with Gasteiger partial charge in [-0.25, -0.2) is 0 Å². The lowest BCUT2D eigenvalue weighted by atomic mass is 10.0. The van der Waals surface area contributed by atoms with Crippen molar-refractivity contribution in [1.29, 1.82) is 0 Å². The molecule has 0 bridgehead atoms. The molecule has 1 aromatic heterocycles. The standard InChI is InChI=1S/C23H30BrN3O3.C7H7NO/c1-5-27(18-6-8-30-9-7-18)21-12-17(24)11-19(16(21)4)22(28)25-13-20-14(2)10-15(3)26-23(20)29;8-7(9)6-4-2-1-3-5-6/h10-12,18H,5-9,13H2,1-4H3,(H,25,28)(H,26,29);1-5H,(H2,8,9). The minimum Gasteiger partial charge on any atom is -0.381 e. The van der Waals surface area contributed by atoms with Gasteiger partial charge in [-0.1, -0.05) is 34.1 Å². The van der Waals surface area contributed by atoms with E-state index in [2.05, 4.69) is 44.1 Å². The molecule has 208 valence electrons. The predicted molar refractivity (Wildman–Crippen MR) is 158 cm³/mol. The van der Waals surface area contributed by atoms with Crippen LogP contribution < -0.4 is 21.5 Å². The number of ether oxygens (including phenoxy) is 1. The summed E-state index contributed by atoms with van der Waals surface area (Å²) in [4.78, 5) is 40.9. The third-order valence-electron chi connectivity index (χ3n) is 6.85. The van der Waals surface area contributed by atoms with Gasteiger partial charge in [0.2, 0.25) is 5.91 Å². The third kappa shape index (κ3) is 8.03. The first-order chi connectivity index (χ1) is 18.6. The summed E-state index contributed by atoms with van der Waals surface area (Å²) in [7, 11) is 0. The first-order valence-corrected chi connectivity index (χ1v) is 13.9. The molecule has 0 unspecified atom stereocenters. The van der Waals surface area contributed by atoms with Crippen LogP contribution in [0.25, 0.3) is 0 Å². The highest BCUT2D eigenvalue weighted by Crippen LogP contribution is 2.31. The molecule has 39 heavy (non-hydrogen) atoms. The van der Waals surface area contributed by atoms with Crippen LogP contribution in [0.2, 0.25) is 0 Å². The summed E-state index contributed by atoms with van der Waals surface area (Å²) in [6, 6.07) is 15.0. The number of nitrogens with two attached hydrogens (primary N) is 1. The van der Waals surface area contributed by atoms with E-state index in [9.17, 15) is 14.4 Å². The molecular weight excluding hydrogens is 560 g/mol. The maximum atomic E-state index is 13.0. The number of aryl methyl sites for hydroxylation is 2. The van der Waals surface area contributed by atoms with E-state index in [1.807, 2.05) is 39.0 Å². The highest BCUT2D eigenvalue weighted by Gasteiger charge is 2.24. The lowest BCUT2D eigenvalue weighted by Crippen LogP contribution is -2.40. The molecule has 8 nitrogen and oxygen atoms in total. The molecule has 1 saturated heterocycles. The van der Waals surface area contributed by atoms with Crippen molar-refractivity contribution in [1.82, 2.24) is 10.3 Å². The van der Waals surface area contributed by atoms with Crippen LogP contribution in [0.4, 0.5) is 5.69 Å². The number of primary amides is 1. The second kappa shape index (κ2) is 14.1. The van der Waals surface area contributed by atoms with Crippen LogP contribution in [0.15, 0.2) is 57.8 Å². The molecule has 1 aliphatic heterocycles. The van der Waals surface area contributed by atoms with Gasteiger partial charge in [-0.2, -0.15) is 0 Å². The predicted octanol–water partition coefficient (Wildman–Crippen LogP) is 4.78. The van der Waals surface area contributed by atoms with Gasteiger partial charge in [0, 0.05) is 64.9 Å². The van der Waals surface area contributed by atoms with Gasteiger partial charge in [0.25, 0.3) is 11.5 Å². The zero-order chi connectivity index (χ0) is 28.5. The number of aromatic amines is 1. The van der Waals surface area contributed by atoms with Gasteiger partial charge in [-0.05, 0) is 82.0 Å². The van der Waals surface area contributed by atoms with E-state index < -0.39 is 0 Å². The van der Waals surface area contributed by atoms with E-state index in [0.717, 1.165) is 59.6 Å². The lowest BCUT2D eigenvalue weighted by Gasteiger charge is -2.36. The number of halogens is 1. The number of benzene rings is 2. The second-order valence-electron chi connectivity index (χ2n) is 9.58. The van der Waals surface area contributed by atoms with Crippen molar-refractivity contribution in [2.24, 2.45) is 5.73 Å². The number of nitrogens with one attached hydrogen (secondary N) is 2. The SMILES string of the molecule is CCN(c1cc(Br)cc(C(=O)NCc2c(C)cc(C)[nH]c2=O)c1C)C1CCOCC1.NC(=O)c1ccccc1. The summed E-state index contributed by atoms with van der Waals surface area (Å²) in [6.07, 6.45) is 1.97. The minimum absolute atomic E-state index is 0.156. The van der Waals surface area contributed by atoms with Gasteiger partial charge >= 0.3 is 0 Å². The number of amides is 2. The first kappa shape index (κ1) is 30.1. The summed E-state index contributed by atoms with van der Waals surface area (Å²) >= 11 is 3.58. The van der Waals surface area contributed by atoms with Crippen molar-refractivity contribution in [3.05, 3.63) is 96.9 Å². The Hall–Kier alpha value is -3.43. The Balaban J connectivity index is 0.000000395. The van der Waals surface area contributed by atoms with Crippen LogP contribution in [-0.4, -0.2) is 42.6 Å². The zero-order valence-corrected chi connectivity index (χ0v) is 24.6. The fourth-order valence-corrected chi connectivity index (χ4v) is 5.23. The van der Waals surface area contributed by atoms with Gasteiger partial charge in [0.1, 0.15) is 0 Å². The van der Waals surface area contributed by atoms with Crippen LogP contribution in [0.3, 0.4) is 0 Å². The van der Waals surface area contributed by atoms with Crippen molar-refractivity contribution in [3.8, 4) is 0 Å². The quantitative estimate of drug-likeness (QED) is 0.362. The van der Waals surface area contributed by atoms with Crippen LogP contribution in [0.1, 0.15) is 62.9 Å². The molecule has 0 atom stereocenters. The Morgan fingerprint density at radius 2 is 1.77 bits per heavy atom. The van der Waals surface area contributed by atoms with Crippen molar-refractivity contribution in [2.75, 3.05) is 24.7 Å². The summed E-state index contributed by atoms with van der Waals surface area (Å²) in [6.45, 7) is 10.5. The summed E-state index contributed by atoms with van der Waals surface area (Å²) in [5.41, 5.74) is 10.3. The molecule has 4 rings (SSSR count). The number of rotatable bonds is 7. The maximum absolute atomic E-state index is 13.0. The highest BCUT2D eigenvalue weighted by atomic mass is 79.9. The molecule has 2 aromatic carbocycles. The van der Waals surface area contributed by atoms with Gasteiger partial charge in [0.15, 0.2) is 0 Å². The van der Waals surface area contributed by atoms with Crippen molar-refractivity contribution < 1.29 is 14.3 Å². The number of hydrogen-bond acceptors (Lipinski definition) is 5. The molecule has 2 heterocycles. The Bertz CT molecular complexity index is 1350. The zero-order valence-electron chi connectivity index (χ0n) is 23.0. The number of nitrogens with zero attached hydrogens (tertiary/aromatic N) is 1. The third-order valence-corrected chi connectivity index (χ3v) is 7.31. The molecule has 3 aromatic rings. The minimum atomic E-state index is -0.379. The van der Waals surface area contributed by atoms with Crippen LogP contribution in [0, 0.1) is 20.8 Å². The molecule has 4 N–H and O–H groups in total. The fourth-order valence-electron chi connectivity index (χ4n) is 4.79. The molecule has 0 spiro atoms. The summed E-state index contributed by atoms with van der Waals surface area (Å²) in [5.74, 6) is -0.562. The Labute approximate surface area is 238 Å². The number of aromatic nitrogens is 1. The summed E-state index contributed by atoms with van der Waals surface area (Å²) < 4.78 is 6.38. The normalized spacial score (nSPS) is 13.3. The number of H-pyrrole nitrogens is 1. The molecule has 9 heteroatoms. The van der Waals surface area contributed by atoms with Gasteiger partial charge in [0.05, 0.1) is 0 Å².